The van der Waals surface area contributed by atoms with Crippen LogP contribution in [0.2, 0.25) is 5.02 Å². The van der Waals surface area contributed by atoms with Crippen LogP contribution < -0.4 is 16.1 Å². The monoisotopic (exact) mass is 538 g/mol. The number of alkyl halides is 4. The molecule has 5 rings (SSSR count). The minimum atomic E-state index is -3.04. The van der Waals surface area contributed by atoms with Gasteiger partial charge in [-0.1, -0.05) is 17.7 Å². The third kappa shape index (κ3) is 4.15. The second kappa shape index (κ2) is 8.65. The van der Waals surface area contributed by atoms with Crippen molar-refractivity contribution in [2.24, 2.45) is 5.41 Å². The van der Waals surface area contributed by atoms with Gasteiger partial charge in [0.25, 0.3) is 12.0 Å². The molecular weight excluding hydrogens is 523 g/mol. The maximum atomic E-state index is 13.9. The molecule has 0 unspecified atom stereocenters. The summed E-state index contributed by atoms with van der Waals surface area (Å²) in [5.41, 5.74) is -3.73. The van der Waals surface area contributed by atoms with E-state index in [0.29, 0.717) is 4.57 Å². The van der Waals surface area contributed by atoms with Gasteiger partial charge in [0.2, 0.25) is 5.92 Å². The van der Waals surface area contributed by atoms with Crippen LogP contribution in [0.25, 0.3) is 16.9 Å². The Morgan fingerprint density at radius 2 is 1.86 bits per heavy atom. The van der Waals surface area contributed by atoms with Gasteiger partial charge < -0.3 is 4.90 Å². The Labute approximate surface area is 210 Å². The standard InChI is InChI=1S/C23H16ClF5N6O2/c24-13-5-12(1-2-14(13)25)17-19(33-10-22(11-33)8-23(28,29)9-22)34(4-3-30)21(37)35(20(17)36)16-7-31-6-15(32-16)18(26)27/h1-2,5-7,18H,4,8-11H2. The number of hydrogen-bond donors (Lipinski definition) is 0. The molecule has 192 valence electrons. The fraction of sp³-hybridized carbons (Fsp3) is 0.348. The Balaban J connectivity index is 1.76. The lowest BCUT2D eigenvalue weighted by Gasteiger charge is -2.59. The maximum absolute atomic E-state index is 13.9. The van der Waals surface area contributed by atoms with E-state index in [0.717, 1.165) is 29.1 Å². The van der Waals surface area contributed by atoms with Crippen LogP contribution >= 0.6 is 11.6 Å². The Kier molecular flexibility index (Phi) is 5.82. The molecule has 3 heterocycles. The summed E-state index contributed by atoms with van der Waals surface area (Å²) in [6, 6.07) is 5.17. The second-order valence-electron chi connectivity index (χ2n) is 9.16. The van der Waals surface area contributed by atoms with E-state index in [2.05, 4.69) is 9.97 Å². The van der Waals surface area contributed by atoms with Gasteiger partial charge in [0, 0.05) is 31.3 Å². The average molecular weight is 539 g/mol. The number of anilines is 1. The van der Waals surface area contributed by atoms with E-state index in [4.69, 9.17) is 11.6 Å². The van der Waals surface area contributed by atoms with Crippen molar-refractivity contribution in [1.29, 1.82) is 5.26 Å². The number of aromatic nitrogens is 4. The topological polar surface area (TPSA) is 96.8 Å². The largest absolute Gasteiger partial charge is 0.356 e. The molecule has 1 aliphatic heterocycles. The zero-order chi connectivity index (χ0) is 26.7. The number of nitriles is 1. The maximum Gasteiger partial charge on any atom is 0.339 e. The predicted molar refractivity (Wildman–Crippen MR) is 122 cm³/mol. The van der Waals surface area contributed by atoms with Crippen molar-refractivity contribution in [2.75, 3.05) is 18.0 Å². The fourth-order valence-corrected chi connectivity index (χ4v) is 5.23. The van der Waals surface area contributed by atoms with Crippen molar-refractivity contribution < 1.29 is 22.0 Å². The smallest absolute Gasteiger partial charge is 0.339 e. The molecule has 1 aromatic carbocycles. The first kappa shape index (κ1) is 24.9. The summed E-state index contributed by atoms with van der Waals surface area (Å²) >= 11 is 5.94. The summed E-state index contributed by atoms with van der Waals surface area (Å²) in [5.74, 6) is -4.15. The molecular formula is C23H16ClF5N6O2. The molecule has 1 saturated carbocycles. The minimum Gasteiger partial charge on any atom is -0.356 e. The molecule has 1 aliphatic carbocycles. The van der Waals surface area contributed by atoms with Crippen molar-refractivity contribution in [2.45, 2.75) is 31.7 Å². The van der Waals surface area contributed by atoms with Gasteiger partial charge in [-0.2, -0.15) is 5.26 Å². The number of rotatable bonds is 5. The van der Waals surface area contributed by atoms with Gasteiger partial charge in [0.1, 0.15) is 23.9 Å². The van der Waals surface area contributed by atoms with E-state index in [-0.39, 0.29) is 47.9 Å². The van der Waals surface area contributed by atoms with Crippen LogP contribution in [-0.2, 0) is 6.54 Å². The van der Waals surface area contributed by atoms with Gasteiger partial charge >= 0.3 is 5.69 Å². The quantitative estimate of drug-likeness (QED) is 0.457. The van der Waals surface area contributed by atoms with E-state index in [9.17, 15) is 36.8 Å². The van der Waals surface area contributed by atoms with E-state index >= 15 is 0 Å². The summed E-state index contributed by atoms with van der Waals surface area (Å²) < 4.78 is 69.0. The first-order valence-corrected chi connectivity index (χ1v) is 11.3. The minimum absolute atomic E-state index is 0.0470. The predicted octanol–water partition coefficient (Wildman–Crippen LogP) is 3.95. The highest BCUT2D eigenvalue weighted by molar-refractivity contribution is 6.31. The number of halogens is 6. The van der Waals surface area contributed by atoms with Crippen LogP contribution in [0.15, 0.2) is 40.2 Å². The zero-order valence-electron chi connectivity index (χ0n) is 18.8. The van der Waals surface area contributed by atoms with Gasteiger partial charge in [0.15, 0.2) is 5.82 Å². The third-order valence-corrected chi connectivity index (χ3v) is 6.76. The second-order valence-corrected chi connectivity index (χ2v) is 9.57. The summed E-state index contributed by atoms with van der Waals surface area (Å²) in [7, 11) is 0. The van der Waals surface area contributed by atoms with Gasteiger partial charge in [0.05, 0.1) is 29.0 Å². The van der Waals surface area contributed by atoms with Gasteiger partial charge in [-0.15, -0.1) is 0 Å². The Morgan fingerprint density at radius 3 is 2.46 bits per heavy atom. The van der Waals surface area contributed by atoms with E-state index in [1.54, 1.807) is 0 Å². The molecule has 1 saturated heterocycles. The summed E-state index contributed by atoms with van der Waals surface area (Å²) in [5, 5.41) is 9.10. The number of benzene rings is 1. The van der Waals surface area contributed by atoms with Crippen LogP contribution in [0.5, 0.6) is 0 Å². The highest BCUT2D eigenvalue weighted by Gasteiger charge is 2.62. The van der Waals surface area contributed by atoms with E-state index < -0.39 is 52.9 Å². The summed E-state index contributed by atoms with van der Waals surface area (Å²) in [4.78, 5) is 36.1. The molecule has 2 aliphatic rings. The van der Waals surface area contributed by atoms with Crippen LogP contribution in [-0.4, -0.2) is 38.1 Å². The van der Waals surface area contributed by atoms with Crippen LogP contribution in [0, 0.1) is 22.6 Å². The Morgan fingerprint density at radius 1 is 1.16 bits per heavy atom. The number of nitrogens with zero attached hydrogens (tertiary/aromatic N) is 6. The fourth-order valence-electron chi connectivity index (χ4n) is 5.05. The van der Waals surface area contributed by atoms with E-state index in [1.165, 1.54) is 11.0 Å². The van der Waals surface area contributed by atoms with Crippen molar-refractivity contribution in [3.63, 3.8) is 0 Å². The molecule has 14 heteroatoms. The molecule has 0 radical (unpaired) electrons. The van der Waals surface area contributed by atoms with Gasteiger partial charge in [-0.25, -0.2) is 36.3 Å². The summed E-state index contributed by atoms with van der Waals surface area (Å²) in [6.07, 6.45) is -2.05. The SMILES string of the molecule is N#CCn1c(N2CC3(C2)CC(F)(F)C3)c(-c2ccc(F)c(Cl)c2)c(=O)n(-c2cncc(C(F)F)n2)c1=O. The highest BCUT2D eigenvalue weighted by atomic mass is 35.5. The molecule has 1 spiro atoms. The van der Waals surface area contributed by atoms with Crippen LogP contribution in [0.4, 0.5) is 27.8 Å². The molecule has 2 fully saturated rings. The molecule has 8 nitrogen and oxygen atoms in total. The molecule has 0 bridgehead atoms. The van der Waals surface area contributed by atoms with Crippen molar-refractivity contribution in [3.05, 3.63) is 68.0 Å². The Bertz CT molecular complexity index is 1570. The molecule has 0 amide bonds. The normalized spacial score (nSPS) is 17.4. The molecule has 2 aromatic heterocycles. The third-order valence-electron chi connectivity index (χ3n) is 6.47. The van der Waals surface area contributed by atoms with Crippen molar-refractivity contribution in [3.8, 4) is 23.0 Å². The zero-order valence-corrected chi connectivity index (χ0v) is 19.5. The van der Waals surface area contributed by atoms with Crippen LogP contribution in [0.1, 0.15) is 25.0 Å². The van der Waals surface area contributed by atoms with E-state index in [1.807, 2.05) is 6.07 Å². The lowest BCUT2D eigenvalue weighted by atomic mass is 9.61. The van der Waals surface area contributed by atoms with Crippen LogP contribution in [0.3, 0.4) is 0 Å². The van der Waals surface area contributed by atoms with Crippen molar-refractivity contribution in [1.82, 2.24) is 19.1 Å². The lowest BCUT2D eigenvalue weighted by Crippen LogP contribution is -2.67. The molecule has 0 atom stereocenters. The van der Waals surface area contributed by atoms with Gasteiger partial charge in [-0.3, -0.25) is 14.3 Å². The summed E-state index contributed by atoms with van der Waals surface area (Å²) in [6.45, 7) is -0.406. The first-order valence-electron chi connectivity index (χ1n) is 10.9. The van der Waals surface area contributed by atoms with Crippen molar-refractivity contribution >= 4 is 17.4 Å². The average Bonchev–Trinajstić information content (AvgIpc) is 2.79. The number of hydrogen-bond acceptors (Lipinski definition) is 6. The highest BCUT2D eigenvalue weighted by Crippen LogP contribution is 2.57. The molecule has 37 heavy (non-hydrogen) atoms. The van der Waals surface area contributed by atoms with Gasteiger partial charge in [-0.05, 0) is 17.7 Å². The first-order chi connectivity index (χ1) is 17.4. The lowest BCUT2D eigenvalue weighted by molar-refractivity contribution is -0.170. The Hall–Kier alpha value is -3.79. The molecule has 3 aromatic rings. The molecule has 0 N–H and O–H groups in total.